The molecule has 0 saturated heterocycles. The highest BCUT2D eigenvalue weighted by Gasteiger charge is 2.11. The van der Waals surface area contributed by atoms with E-state index in [2.05, 4.69) is 15.3 Å². The smallest absolute Gasteiger partial charge is 0.262 e. The summed E-state index contributed by atoms with van der Waals surface area (Å²) in [5, 5.41) is 4.20. The summed E-state index contributed by atoms with van der Waals surface area (Å²) in [6.45, 7) is 3.75. The van der Waals surface area contributed by atoms with Crippen LogP contribution in [0.1, 0.15) is 11.1 Å². The van der Waals surface area contributed by atoms with Gasteiger partial charge in [0.05, 0.1) is 15.9 Å². The first-order valence-corrected chi connectivity index (χ1v) is 8.28. The molecule has 0 aliphatic rings. The molecular weight excluding hydrogens is 361 g/mol. The topological polar surface area (TPSA) is 64.1 Å². The Bertz CT molecular complexity index is 940. The van der Waals surface area contributed by atoms with Crippen molar-refractivity contribution < 1.29 is 9.53 Å². The number of rotatable bonds is 4. The summed E-state index contributed by atoms with van der Waals surface area (Å²) in [7, 11) is 0. The van der Waals surface area contributed by atoms with E-state index in [-0.39, 0.29) is 18.4 Å². The van der Waals surface area contributed by atoms with Crippen molar-refractivity contribution >= 4 is 45.7 Å². The van der Waals surface area contributed by atoms with Crippen LogP contribution in [-0.2, 0) is 4.79 Å². The number of fused-ring (bicyclic) bond motifs is 1. The van der Waals surface area contributed by atoms with Crippen LogP contribution in [0.15, 0.2) is 36.7 Å². The van der Waals surface area contributed by atoms with Gasteiger partial charge in [-0.15, -0.1) is 0 Å². The average Bonchev–Trinajstić information content (AvgIpc) is 2.52. The summed E-state index contributed by atoms with van der Waals surface area (Å²) in [4.78, 5) is 20.3. The van der Waals surface area contributed by atoms with Gasteiger partial charge < -0.3 is 10.1 Å². The number of carbonyl (C=O) groups is 1. The summed E-state index contributed by atoms with van der Waals surface area (Å²) < 4.78 is 5.54. The van der Waals surface area contributed by atoms with E-state index < -0.39 is 0 Å². The first-order chi connectivity index (χ1) is 11.9. The average molecular weight is 376 g/mol. The zero-order valence-electron chi connectivity index (χ0n) is 13.6. The Labute approximate surface area is 155 Å². The van der Waals surface area contributed by atoms with Crippen LogP contribution in [0.4, 0.5) is 5.69 Å². The highest BCUT2D eigenvalue weighted by Crippen LogP contribution is 2.30. The van der Waals surface area contributed by atoms with Crippen molar-refractivity contribution in [1.29, 1.82) is 0 Å². The molecule has 128 valence electrons. The number of hydrogen-bond donors (Lipinski definition) is 1. The van der Waals surface area contributed by atoms with E-state index in [0.29, 0.717) is 20.9 Å². The van der Waals surface area contributed by atoms with Crippen LogP contribution in [-0.4, -0.2) is 22.5 Å². The zero-order chi connectivity index (χ0) is 18.0. The Kier molecular flexibility index (Phi) is 5.06. The molecular formula is C18H15Cl2N3O2. The zero-order valence-corrected chi connectivity index (χ0v) is 15.1. The lowest BCUT2D eigenvalue weighted by Crippen LogP contribution is -2.20. The van der Waals surface area contributed by atoms with Gasteiger partial charge in [0.15, 0.2) is 6.61 Å². The van der Waals surface area contributed by atoms with Crippen LogP contribution in [0, 0.1) is 13.8 Å². The maximum atomic E-state index is 12.1. The fourth-order valence-corrected chi connectivity index (χ4v) is 3.10. The first-order valence-electron chi connectivity index (χ1n) is 7.53. The molecule has 0 saturated carbocycles. The highest BCUT2D eigenvalue weighted by atomic mass is 35.5. The minimum Gasteiger partial charge on any atom is -0.467 e. The Morgan fingerprint density at radius 2 is 1.80 bits per heavy atom. The van der Waals surface area contributed by atoms with Crippen molar-refractivity contribution in [1.82, 2.24) is 9.97 Å². The molecule has 1 aromatic heterocycles. The predicted molar refractivity (Wildman–Crippen MR) is 99.6 cm³/mol. The number of nitrogens with zero attached hydrogens (tertiary/aromatic N) is 2. The minimum atomic E-state index is -0.287. The second-order valence-corrected chi connectivity index (χ2v) is 6.52. The molecule has 1 amide bonds. The second-order valence-electron chi connectivity index (χ2n) is 5.68. The van der Waals surface area contributed by atoms with Crippen LogP contribution in [0.25, 0.3) is 10.9 Å². The van der Waals surface area contributed by atoms with Crippen molar-refractivity contribution in [2.24, 2.45) is 0 Å². The second kappa shape index (κ2) is 7.25. The molecule has 1 N–H and O–H groups in total. The standard InChI is InChI=1S/C18H15Cl2N3O2/c1-10-3-11(2)5-13(4-10)23-16(24)8-25-18-14-6-12(19)7-15(20)17(14)21-9-22-18/h3-7,9H,8H2,1-2H3,(H,23,24). The van der Waals surface area contributed by atoms with Crippen molar-refractivity contribution in [2.45, 2.75) is 13.8 Å². The molecule has 7 heteroatoms. The number of aryl methyl sites for hydroxylation is 2. The molecule has 0 spiro atoms. The lowest BCUT2D eigenvalue weighted by Gasteiger charge is -2.10. The fourth-order valence-electron chi connectivity index (χ4n) is 2.56. The molecule has 3 aromatic rings. The first kappa shape index (κ1) is 17.5. The normalized spacial score (nSPS) is 10.7. The lowest BCUT2D eigenvalue weighted by atomic mass is 10.1. The Morgan fingerprint density at radius 1 is 1.08 bits per heavy atom. The number of ether oxygens (including phenoxy) is 1. The Morgan fingerprint density at radius 3 is 2.52 bits per heavy atom. The van der Waals surface area contributed by atoms with Gasteiger partial charge in [-0.1, -0.05) is 29.3 Å². The van der Waals surface area contributed by atoms with Crippen molar-refractivity contribution in [3.63, 3.8) is 0 Å². The summed E-state index contributed by atoms with van der Waals surface area (Å²) >= 11 is 12.1. The predicted octanol–water partition coefficient (Wildman–Crippen LogP) is 4.57. The van der Waals surface area contributed by atoms with Crippen LogP contribution in [0.3, 0.4) is 0 Å². The number of nitrogens with one attached hydrogen (secondary N) is 1. The molecule has 3 rings (SSSR count). The van der Waals surface area contributed by atoms with Crippen LogP contribution in [0.2, 0.25) is 10.0 Å². The van der Waals surface area contributed by atoms with E-state index >= 15 is 0 Å². The van der Waals surface area contributed by atoms with Gasteiger partial charge in [-0.05, 0) is 49.2 Å². The third-order valence-electron chi connectivity index (χ3n) is 3.47. The fraction of sp³-hybridized carbons (Fsp3) is 0.167. The number of anilines is 1. The van der Waals surface area contributed by atoms with Crippen molar-refractivity contribution in [2.75, 3.05) is 11.9 Å². The van der Waals surface area contributed by atoms with Gasteiger partial charge >= 0.3 is 0 Å². The maximum Gasteiger partial charge on any atom is 0.262 e. The quantitative estimate of drug-likeness (QED) is 0.725. The molecule has 0 bridgehead atoms. The molecule has 0 unspecified atom stereocenters. The van der Waals surface area contributed by atoms with Gasteiger partial charge in [0.25, 0.3) is 5.91 Å². The summed E-state index contributed by atoms with van der Waals surface area (Å²) in [6, 6.07) is 9.07. The van der Waals surface area contributed by atoms with E-state index in [1.807, 2.05) is 32.0 Å². The van der Waals surface area contributed by atoms with E-state index in [0.717, 1.165) is 16.8 Å². The van der Waals surface area contributed by atoms with Gasteiger partial charge in [-0.25, -0.2) is 9.97 Å². The van der Waals surface area contributed by atoms with Gasteiger partial charge in [0.2, 0.25) is 5.88 Å². The number of benzene rings is 2. The number of hydrogen-bond acceptors (Lipinski definition) is 4. The van der Waals surface area contributed by atoms with E-state index in [4.69, 9.17) is 27.9 Å². The molecule has 5 nitrogen and oxygen atoms in total. The van der Waals surface area contributed by atoms with Crippen molar-refractivity contribution in [3.8, 4) is 5.88 Å². The summed E-state index contributed by atoms with van der Waals surface area (Å²) in [5.74, 6) is -0.0325. The summed E-state index contributed by atoms with van der Waals surface area (Å²) in [5.41, 5.74) is 3.39. The Balaban J connectivity index is 1.75. The number of aromatic nitrogens is 2. The highest BCUT2D eigenvalue weighted by molar-refractivity contribution is 6.38. The number of amides is 1. The maximum absolute atomic E-state index is 12.1. The molecule has 0 aliphatic carbocycles. The molecule has 25 heavy (non-hydrogen) atoms. The minimum absolute atomic E-state index is 0.191. The van der Waals surface area contributed by atoms with E-state index in [1.165, 1.54) is 6.33 Å². The van der Waals surface area contributed by atoms with Crippen molar-refractivity contribution in [3.05, 3.63) is 57.8 Å². The molecule has 0 fully saturated rings. The molecule has 0 radical (unpaired) electrons. The molecule has 2 aromatic carbocycles. The Hall–Kier alpha value is -2.37. The monoisotopic (exact) mass is 375 g/mol. The van der Waals surface area contributed by atoms with Crippen LogP contribution < -0.4 is 10.1 Å². The third-order valence-corrected chi connectivity index (χ3v) is 3.97. The molecule has 0 atom stereocenters. The number of carbonyl (C=O) groups excluding carboxylic acids is 1. The lowest BCUT2D eigenvalue weighted by molar-refractivity contribution is -0.118. The van der Waals surface area contributed by atoms with E-state index in [1.54, 1.807) is 12.1 Å². The summed E-state index contributed by atoms with van der Waals surface area (Å²) in [6.07, 6.45) is 1.33. The van der Waals surface area contributed by atoms with E-state index in [9.17, 15) is 4.79 Å². The molecule has 1 heterocycles. The SMILES string of the molecule is Cc1cc(C)cc(NC(=O)COc2ncnc3c(Cl)cc(Cl)cc23)c1. The number of halogens is 2. The van der Waals surface area contributed by atoms with Gasteiger partial charge in [0.1, 0.15) is 6.33 Å². The van der Waals surface area contributed by atoms with Gasteiger partial charge in [0, 0.05) is 10.7 Å². The largest absolute Gasteiger partial charge is 0.467 e. The van der Waals surface area contributed by atoms with Crippen LogP contribution in [0.5, 0.6) is 5.88 Å². The van der Waals surface area contributed by atoms with Crippen LogP contribution >= 0.6 is 23.2 Å². The van der Waals surface area contributed by atoms with Gasteiger partial charge in [-0.2, -0.15) is 0 Å². The third kappa shape index (κ3) is 4.18. The van der Waals surface area contributed by atoms with Gasteiger partial charge in [-0.3, -0.25) is 4.79 Å². The molecule has 0 aliphatic heterocycles.